The first-order chi connectivity index (χ1) is 23.3. The third-order valence-electron chi connectivity index (χ3n) is 9.83. The maximum Gasteiger partial charge on any atom is 0.136 e. The molecule has 0 saturated carbocycles. The largest absolute Gasteiger partial charge is 0.456 e. The van der Waals surface area contributed by atoms with Gasteiger partial charge in [-0.15, -0.1) is 0 Å². The number of benzene rings is 9. The van der Waals surface area contributed by atoms with Crippen molar-refractivity contribution in [3.05, 3.63) is 170 Å². The maximum absolute atomic E-state index is 6.19. The van der Waals surface area contributed by atoms with Crippen LogP contribution in [0.4, 0.5) is 0 Å². The summed E-state index contributed by atoms with van der Waals surface area (Å²) in [5, 5.41) is 12.4. The van der Waals surface area contributed by atoms with Crippen molar-refractivity contribution in [1.29, 1.82) is 0 Å². The van der Waals surface area contributed by atoms with Crippen LogP contribution in [0.25, 0.3) is 98.4 Å². The highest BCUT2D eigenvalue weighted by atomic mass is 16.3. The lowest BCUT2D eigenvalue weighted by Gasteiger charge is -2.19. The van der Waals surface area contributed by atoms with E-state index in [-0.39, 0.29) is 0 Å². The van der Waals surface area contributed by atoms with Crippen LogP contribution in [0, 0.1) is 0 Å². The van der Waals surface area contributed by atoms with Gasteiger partial charge in [-0.3, -0.25) is 0 Å². The molecule has 0 atom stereocenters. The van der Waals surface area contributed by atoms with E-state index < -0.39 is 0 Å². The van der Waals surface area contributed by atoms with Gasteiger partial charge < -0.3 is 4.42 Å². The van der Waals surface area contributed by atoms with Crippen molar-refractivity contribution in [3.63, 3.8) is 0 Å². The summed E-state index contributed by atoms with van der Waals surface area (Å²) in [5.41, 5.74) is 9.30. The summed E-state index contributed by atoms with van der Waals surface area (Å²) in [5.74, 6) is 0. The molecule has 1 heteroatoms. The lowest BCUT2D eigenvalue weighted by Crippen LogP contribution is -1.91. The van der Waals surface area contributed by atoms with Gasteiger partial charge in [0, 0.05) is 10.8 Å². The number of rotatable bonds is 3. The van der Waals surface area contributed by atoms with Gasteiger partial charge in [0.25, 0.3) is 0 Å². The molecule has 10 rings (SSSR count). The lowest BCUT2D eigenvalue weighted by molar-refractivity contribution is 0.669. The van der Waals surface area contributed by atoms with Crippen LogP contribution in [0.15, 0.2) is 174 Å². The molecule has 218 valence electrons. The highest BCUT2D eigenvalue weighted by Gasteiger charge is 2.18. The fourth-order valence-corrected chi connectivity index (χ4v) is 7.76. The van der Waals surface area contributed by atoms with Crippen molar-refractivity contribution in [2.24, 2.45) is 0 Å². The van der Waals surface area contributed by atoms with E-state index in [4.69, 9.17) is 4.42 Å². The number of para-hydroxylation sites is 1. The number of hydrogen-bond donors (Lipinski definition) is 0. The van der Waals surface area contributed by atoms with Crippen LogP contribution >= 0.6 is 0 Å². The summed E-state index contributed by atoms with van der Waals surface area (Å²) in [6, 6.07) is 61.6. The van der Waals surface area contributed by atoms with Gasteiger partial charge in [-0.1, -0.05) is 146 Å². The molecular weight excluding hydrogens is 569 g/mol. The van der Waals surface area contributed by atoms with Crippen LogP contribution < -0.4 is 0 Å². The lowest BCUT2D eigenvalue weighted by atomic mass is 9.84. The minimum Gasteiger partial charge on any atom is -0.456 e. The molecular formula is C46H28O. The van der Waals surface area contributed by atoms with Crippen LogP contribution in [-0.2, 0) is 0 Å². The van der Waals surface area contributed by atoms with E-state index in [0.717, 1.165) is 16.6 Å². The van der Waals surface area contributed by atoms with E-state index >= 15 is 0 Å². The monoisotopic (exact) mass is 596 g/mol. The Morgan fingerprint density at radius 1 is 0.298 bits per heavy atom. The summed E-state index contributed by atoms with van der Waals surface area (Å²) in [6.07, 6.45) is 0. The predicted molar refractivity (Wildman–Crippen MR) is 200 cm³/mol. The van der Waals surface area contributed by atoms with Gasteiger partial charge in [-0.05, 0) is 101 Å². The summed E-state index contributed by atoms with van der Waals surface area (Å²) < 4.78 is 6.19. The molecule has 1 aromatic heterocycles. The molecule has 47 heavy (non-hydrogen) atoms. The molecule has 0 amide bonds. The zero-order valence-electron chi connectivity index (χ0n) is 25.6. The van der Waals surface area contributed by atoms with Gasteiger partial charge >= 0.3 is 0 Å². The Balaban J connectivity index is 1.18. The molecule has 0 saturated heterocycles. The standard InChI is InChI=1S/C46H28O/c1-2-13-34-29(11-1)12-9-20-36(34)45-39-16-5-3-14-37(39)44(38-15-4-6-17-40(38)45)33-26-24-30-27-32(25-23-31(30)28-33)35-19-10-22-43-46(35)41-18-7-8-21-42(41)47-43/h1-28H. The molecule has 0 aliphatic heterocycles. The van der Waals surface area contributed by atoms with E-state index in [2.05, 4.69) is 158 Å². The molecule has 0 fully saturated rings. The van der Waals surface area contributed by atoms with Crippen molar-refractivity contribution in [1.82, 2.24) is 0 Å². The second-order valence-electron chi connectivity index (χ2n) is 12.4. The average molecular weight is 597 g/mol. The highest BCUT2D eigenvalue weighted by Crippen LogP contribution is 2.46. The summed E-state index contributed by atoms with van der Waals surface area (Å²) in [7, 11) is 0. The zero-order chi connectivity index (χ0) is 30.9. The SMILES string of the molecule is c1ccc2c(-c3c4ccccc4c(-c4ccc5cc(-c6cccc7oc8ccccc8c67)ccc5c4)c4ccccc34)cccc2c1. The van der Waals surface area contributed by atoms with E-state index in [9.17, 15) is 0 Å². The Kier molecular flexibility index (Phi) is 5.64. The first kappa shape index (κ1) is 26.1. The fraction of sp³-hybridized carbons (Fsp3) is 0. The number of hydrogen-bond acceptors (Lipinski definition) is 1. The van der Waals surface area contributed by atoms with Crippen LogP contribution in [0.1, 0.15) is 0 Å². The number of fused-ring (bicyclic) bond motifs is 7. The van der Waals surface area contributed by atoms with Gasteiger partial charge in [0.05, 0.1) is 0 Å². The van der Waals surface area contributed by atoms with Crippen LogP contribution in [0.5, 0.6) is 0 Å². The Morgan fingerprint density at radius 3 is 1.55 bits per heavy atom. The molecule has 0 aliphatic rings. The molecule has 0 aliphatic carbocycles. The van der Waals surface area contributed by atoms with E-state index in [0.29, 0.717) is 0 Å². The molecule has 0 unspecified atom stereocenters. The van der Waals surface area contributed by atoms with Crippen LogP contribution in [0.2, 0.25) is 0 Å². The Morgan fingerprint density at radius 2 is 0.809 bits per heavy atom. The maximum atomic E-state index is 6.19. The molecule has 0 spiro atoms. The van der Waals surface area contributed by atoms with Gasteiger partial charge in [0.1, 0.15) is 11.2 Å². The smallest absolute Gasteiger partial charge is 0.136 e. The van der Waals surface area contributed by atoms with Gasteiger partial charge in [-0.25, -0.2) is 0 Å². The minimum atomic E-state index is 0.921. The van der Waals surface area contributed by atoms with E-state index in [1.54, 1.807) is 0 Å². The fourth-order valence-electron chi connectivity index (χ4n) is 7.76. The normalized spacial score (nSPS) is 11.8. The second kappa shape index (κ2) is 10.2. The predicted octanol–water partition coefficient (Wildman–Crippen LogP) is 13.2. The van der Waals surface area contributed by atoms with E-state index in [1.807, 2.05) is 12.1 Å². The molecule has 0 radical (unpaired) electrons. The average Bonchev–Trinajstić information content (AvgIpc) is 3.52. The zero-order valence-corrected chi connectivity index (χ0v) is 25.6. The van der Waals surface area contributed by atoms with Crippen LogP contribution in [0.3, 0.4) is 0 Å². The van der Waals surface area contributed by atoms with Crippen LogP contribution in [-0.4, -0.2) is 0 Å². The van der Waals surface area contributed by atoms with Gasteiger partial charge in [-0.2, -0.15) is 0 Å². The van der Waals surface area contributed by atoms with Crippen molar-refractivity contribution >= 4 is 65.0 Å². The second-order valence-corrected chi connectivity index (χ2v) is 12.4. The molecule has 1 nitrogen and oxygen atoms in total. The molecule has 0 N–H and O–H groups in total. The molecule has 1 heterocycles. The Labute approximate surface area is 271 Å². The van der Waals surface area contributed by atoms with Crippen molar-refractivity contribution in [2.75, 3.05) is 0 Å². The molecule has 10 aromatic rings. The van der Waals surface area contributed by atoms with Gasteiger partial charge in [0.15, 0.2) is 0 Å². The Hall–Kier alpha value is -6.18. The topological polar surface area (TPSA) is 13.1 Å². The first-order valence-electron chi connectivity index (χ1n) is 16.2. The van der Waals surface area contributed by atoms with Gasteiger partial charge in [0.2, 0.25) is 0 Å². The Bertz CT molecular complexity index is 2790. The summed E-state index contributed by atoms with van der Waals surface area (Å²) in [6.45, 7) is 0. The highest BCUT2D eigenvalue weighted by molar-refractivity contribution is 6.24. The first-order valence-corrected chi connectivity index (χ1v) is 16.2. The number of furan rings is 1. The summed E-state index contributed by atoms with van der Waals surface area (Å²) >= 11 is 0. The van der Waals surface area contributed by atoms with Crippen molar-refractivity contribution in [2.45, 2.75) is 0 Å². The van der Waals surface area contributed by atoms with Crippen molar-refractivity contribution in [3.8, 4) is 33.4 Å². The molecule has 0 bridgehead atoms. The third kappa shape index (κ3) is 3.97. The quantitative estimate of drug-likeness (QED) is 0.185. The third-order valence-corrected chi connectivity index (χ3v) is 9.83. The van der Waals surface area contributed by atoms with E-state index in [1.165, 1.54) is 81.9 Å². The molecule has 9 aromatic carbocycles. The minimum absolute atomic E-state index is 0.921. The summed E-state index contributed by atoms with van der Waals surface area (Å²) in [4.78, 5) is 0. The van der Waals surface area contributed by atoms with Crippen molar-refractivity contribution < 1.29 is 4.42 Å².